The van der Waals surface area contributed by atoms with Crippen molar-refractivity contribution in [1.82, 2.24) is 9.80 Å². The molecule has 0 radical (unpaired) electrons. The van der Waals surface area contributed by atoms with Crippen LogP contribution in [-0.2, 0) is 4.74 Å². The molecule has 0 aromatic carbocycles. The number of rotatable bonds is 2. The minimum Gasteiger partial charge on any atom is -0.375 e. The second kappa shape index (κ2) is 5.46. The molecule has 104 valence electrons. The lowest BCUT2D eigenvalue weighted by atomic mass is 9.78. The first kappa shape index (κ1) is 14.3. The monoisotopic (exact) mass is 262 g/mol. The van der Waals surface area contributed by atoms with Crippen LogP contribution in [0.25, 0.3) is 0 Å². The first-order valence-corrected chi connectivity index (χ1v) is 6.87. The van der Waals surface area contributed by atoms with Crippen molar-refractivity contribution in [1.29, 1.82) is 10.5 Å². The van der Waals surface area contributed by atoms with Gasteiger partial charge in [0.2, 0.25) is 0 Å². The van der Waals surface area contributed by atoms with Crippen molar-refractivity contribution >= 4 is 0 Å². The van der Waals surface area contributed by atoms with Crippen molar-refractivity contribution < 1.29 is 4.74 Å². The summed E-state index contributed by atoms with van der Waals surface area (Å²) >= 11 is 0. The van der Waals surface area contributed by atoms with Crippen LogP contribution < -0.4 is 0 Å². The summed E-state index contributed by atoms with van der Waals surface area (Å²) in [4.78, 5) is 4.50. The first-order chi connectivity index (χ1) is 9.01. The maximum Gasteiger partial charge on any atom is 0.0871 e. The molecule has 0 aromatic heterocycles. The van der Waals surface area contributed by atoms with E-state index < -0.39 is 0 Å². The summed E-state index contributed by atoms with van der Waals surface area (Å²) in [5, 5.41) is 17.9. The SMILES string of the molecule is CC1(C)C[C@]2(CCO1)CN(CC#N)CCN2CC#N. The van der Waals surface area contributed by atoms with Crippen LogP contribution in [0.3, 0.4) is 0 Å². The average Bonchev–Trinajstić information content (AvgIpc) is 2.32. The van der Waals surface area contributed by atoms with Crippen LogP contribution in [0.2, 0.25) is 0 Å². The number of hydrogen-bond donors (Lipinski definition) is 0. The highest BCUT2D eigenvalue weighted by Crippen LogP contribution is 2.38. The van der Waals surface area contributed by atoms with Gasteiger partial charge in [-0.25, -0.2) is 0 Å². The van der Waals surface area contributed by atoms with E-state index in [4.69, 9.17) is 15.3 Å². The Labute approximate surface area is 115 Å². The highest BCUT2D eigenvalue weighted by molar-refractivity contribution is 5.05. The molecule has 0 N–H and O–H groups in total. The fourth-order valence-corrected chi connectivity index (χ4v) is 3.52. The zero-order valence-electron chi connectivity index (χ0n) is 11.9. The zero-order valence-corrected chi connectivity index (χ0v) is 11.9. The molecule has 2 saturated heterocycles. The van der Waals surface area contributed by atoms with Gasteiger partial charge >= 0.3 is 0 Å². The lowest BCUT2D eigenvalue weighted by Crippen LogP contribution is -2.66. The molecule has 0 aromatic rings. The summed E-state index contributed by atoms with van der Waals surface area (Å²) in [6.45, 7) is 8.51. The lowest BCUT2D eigenvalue weighted by Gasteiger charge is -2.55. The van der Waals surface area contributed by atoms with Gasteiger partial charge in [-0.3, -0.25) is 9.80 Å². The van der Waals surface area contributed by atoms with E-state index in [-0.39, 0.29) is 11.1 Å². The van der Waals surface area contributed by atoms with E-state index in [1.807, 2.05) is 0 Å². The molecule has 2 rings (SSSR count). The number of ether oxygens (including phenoxy) is 1. The van der Waals surface area contributed by atoms with Crippen LogP contribution in [0.15, 0.2) is 0 Å². The number of hydrogen-bond acceptors (Lipinski definition) is 5. The molecule has 5 nitrogen and oxygen atoms in total. The molecule has 2 heterocycles. The van der Waals surface area contributed by atoms with Gasteiger partial charge in [-0.05, 0) is 26.7 Å². The van der Waals surface area contributed by atoms with E-state index in [2.05, 4.69) is 35.8 Å². The highest BCUT2D eigenvalue weighted by atomic mass is 16.5. The van der Waals surface area contributed by atoms with Gasteiger partial charge in [0, 0.05) is 31.8 Å². The second-order valence-electron chi connectivity index (χ2n) is 6.21. The topological polar surface area (TPSA) is 63.3 Å². The second-order valence-corrected chi connectivity index (χ2v) is 6.21. The molecular weight excluding hydrogens is 240 g/mol. The predicted molar refractivity (Wildman–Crippen MR) is 71.2 cm³/mol. The molecule has 5 heteroatoms. The maximum atomic E-state index is 9.04. The van der Waals surface area contributed by atoms with Crippen LogP contribution in [0.1, 0.15) is 26.7 Å². The smallest absolute Gasteiger partial charge is 0.0871 e. The van der Waals surface area contributed by atoms with Crippen molar-refractivity contribution in [2.45, 2.75) is 37.8 Å². The van der Waals surface area contributed by atoms with E-state index in [1.165, 1.54) is 0 Å². The molecule has 0 amide bonds. The van der Waals surface area contributed by atoms with Gasteiger partial charge in [-0.1, -0.05) is 0 Å². The summed E-state index contributed by atoms with van der Waals surface area (Å²) in [6.07, 6.45) is 1.86. The minimum absolute atomic E-state index is 0.00736. The Kier molecular flexibility index (Phi) is 4.10. The summed E-state index contributed by atoms with van der Waals surface area (Å²) in [7, 11) is 0. The van der Waals surface area contributed by atoms with E-state index >= 15 is 0 Å². The molecule has 1 atom stereocenters. The van der Waals surface area contributed by atoms with Crippen LogP contribution in [0, 0.1) is 22.7 Å². The van der Waals surface area contributed by atoms with Crippen LogP contribution >= 0.6 is 0 Å². The Morgan fingerprint density at radius 2 is 1.89 bits per heavy atom. The van der Waals surface area contributed by atoms with Gasteiger partial charge in [-0.15, -0.1) is 0 Å². The third-order valence-corrected chi connectivity index (χ3v) is 4.25. The van der Waals surface area contributed by atoms with E-state index in [1.54, 1.807) is 0 Å². The summed E-state index contributed by atoms with van der Waals surface area (Å²) in [5.74, 6) is 0. The van der Waals surface area contributed by atoms with Crippen molar-refractivity contribution in [2.75, 3.05) is 39.3 Å². The molecule has 0 unspecified atom stereocenters. The predicted octanol–water partition coefficient (Wildman–Crippen LogP) is 0.979. The van der Waals surface area contributed by atoms with Crippen molar-refractivity contribution in [2.24, 2.45) is 0 Å². The average molecular weight is 262 g/mol. The fraction of sp³-hybridized carbons (Fsp3) is 0.857. The largest absolute Gasteiger partial charge is 0.375 e. The Balaban J connectivity index is 2.19. The third-order valence-electron chi connectivity index (χ3n) is 4.25. The van der Waals surface area contributed by atoms with Crippen LogP contribution in [0.5, 0.6) is 0 Å². The van der Waals surface area contributed by atoms with E-state index in [0.717, 1.165) is 39.1 Å². The van der Waals surface area contributed by atoms with Gasteiger partial charge in [0.25, 0.3) is 0 Å². The summed E-state index contributed by atoms with van der Waals surface area (Å²) in [6, 6.07) is 4.52. The molecule has 19 heavy (non-hydrogen) atoms. The molecule has 2 aliphatic rings. The van der Waals surface area contributed by atoms with Gasteiger partial charge in [0.05, 0.1) is 30.8 Å². The summed E-state index contributed by atoms with van der Waals surface area (Å²) < 4.78 is 5.82. The number of piperazine rings is 1. The van der Waals surface area contributed by atoms with Gasteiger partial charge in [0.15, 0.2) is 0 Å². The standard InChI is InChI=1S/C14H22N4O/c1-13(2)11-14(3-10-19-13)12-17(6-4-15)8-9-18(14)7-5-16/h3,6-12H2,1-2H3/t14-/m1/s1. The maximum absolute atomic E-state index is 9.04. The summed E-state index contributed by atoms with van der Waals surface area (Å²) in [5.41, 5.74) is -0.159. The lowest BCUT2D eigenvalue weighted by molar-refractivity contribution is -0.137. The molecule has 1 spiro atoms. The third kappa shape index (κ3) is 3.06. The van der Waals surface area contributed by atoms with Crippen LogP contribution in [-0.4, -0.2) is 60.3 Å². The quantitative estimate of drug-likeness (QED) is 0.694. The Bertz CT molecular complexity index is 409. The van der Waals surface area contributed by atoms with Crippen molar-refractivity contribution in [3.05, 3.63) is 0 Å². The normalized spacial score (nSPS) is 31.8. The fourth-order valence-electron chi connectivity index (χ4n) is 3.52. The van der Waals surface area contributed by atoms with Gasteiger partial charge in [0.1, 0.15) is 0 Å². The molecule has 2 fully saturated rings. The Morgan fingerprint density at radius 1 is 1.16 bits per heavy atom. The van der Waals surface area contributed by atoms with Gasteiger partial charge < -0.3 is 4.74 Å². The first-order valence-electron chi connectivity index (χ1n) is 6.87. The zero-order chi connectivity index (χ0) is 13.9. The minimum atomic E-state index is -0.151. The number of nitriles is 2. The van der Waals surface area contributed by atoms with Crippen molar-refractivity contribution in [3.8, 4) is 12.1 Å². The Hall–Kier alpha value is -1.14. The van der Waals surface area contributed by atoms with Crippen LogP contribution in [0.4, 0.5) is 0 Å². The van der Waals surface area contributed by atoms with Gasteiger partial charge in [-0.2, -0.15) is 10.5 Å². The van der Waals surface area contributed by atoms with E-state index in [0.29, 0.717) is 13.1 Å². The van der Waals surface area contributed by atoms with Crippen molar-refractivity contribution in [3.63, 3.8) is 0 Å². The Morgan fingerprint density at radius 3 is 2.53 bits per heavy atom. The molecule has 2 aliphatic heterocycles. The molecule has 0 bridgehead atoms. The molecule has 0 aliphatic carbocycles. The van der Waals surface area contributed by atoms with E-state index in [9.17, 15) is 0 Å². The highest BCUT2D eigenvalue weighted by Gasteiger charge is 2.47. The number of nitrogens with zero attached hydrogens (tertiary/aromatic N) is 4. The molecular formula is C14H22N4O. The molecule has 0 saturated carbocycles.